The van der Waals surface area contributed by atoms with Gasteiger partial charge in [0.1, 0.15) is 11.4 Å². The summed E-state index contributed by atoms with van der Waals surface area (Å²) < 4.78 is 3.21. The molecule has 0 spiro atoms. The zero-order valence-electron chi connectivity index (χ0n) is 16.7. The van der Waals surface area contributed by atoms with Gasteiger partial charge in [-0.3, -0.25) is 14.2 Å². The van der Waals surface area contributed by atoms with Crippen molar-refractivity contribution in [1.82, 2.24) is 29.1 Å². The average Bonchev–Trinajstić information content (AvgIpc) is 3.02. The summed E-state index contributed by atoms with van der Waals surface area (Å²) in [4.78, 5) is 43.7. The van der Waals surface area contributed by atoms with Gasteiger partial charge in [0.25, 0.3) is 11.5 Å². The highest BCUT2D eigenvalue weighted by Crippen LogP contribution is 2.25. The standard InChI is InChI=1S/C19H28N6O3/c1-4-24-16(21-25(19(24)28)12-11-22(2)3)14-7-6-10-23(13-14)18(27)15-8-5-9-20-17(15)26/h5,8-9,14H,4,6-7,10-13H2,1-3H3,(H,20,26). The predicted octanol–water partition coefficient (Wildman–Crippen LogP) is 0.334. The molecule has 2 aromatic rings. The number of carbonyl (C=O) groups is 1. The fraction of sp³-hybridized carbons (Fsp3) is 0.579. The van der Waals surface area contributed by atoms with Crippen LogP contribution >= 0.6 is 0 Å². The molecule has 9 heteroatoms. The van der Waals surface area contributed by atoms with Crippen LogP contribution in [0.5, 0.6) is 0 Å². The van der Waals surface area contributed by atoms with Crippen LogP contribution in [0, 0.1) is 0 Å². The molecular weight excluding hydrogens is 360 g/mol. The van der Waals surface area contributed by atoms with Crippen molar-refractivity contribution in [2.24, 2.45) is 0 Å². The Balaban J connectivity index is 1.83. The summed E-state index contributed by atoms with van der Waals surface area (Å²) in [6.07, 6.45) is 3.18. The number of H-pyrrole nitrogens is 1. The van der Waals surface area contributed by atoms with E-state index in [1.165, 1.54) is 10.9 Å². The van der Waals surface area contributed by atoms with Gasteiger partial charge < -0.3 is 14.8 Å². The first-order valence-corrected chi connectivity index (χ1v) is 9.71. The van der Waals surface area contributed by atoms with Crippen molar-refractivity contribution in [2.45, 2.75) is 38.8 Å². The third-order valence-electron chi connectivity index (χ3n) is 5.15. The number of aromatic nitrogens is 4. The number of likely N-dealkylation sites (N-methyl/N-ethyl adjacent to an activating group) is 1. The van der Waals surface area contributed by atoms with Crippen LogP contribution in [-0.4, -0.2) is 68.8 Å². The number of rotatable bonds is 6. The summed E-state index contributed by atoms with van der Waals surface area (Å²) in [7, 11) is 3.91. The summed E-state index contributed by atoms with van der Waals surface area (Å²) in [6, 6.07) is 3.19. The minimum absolute atomic E-state index is 0.0197. The van der Waals surface area contributed by atoms with Crippen LogP contribution in [-0.2, 0) is 13.1 Å². The van der Waals surface area contributed by atoms with E-state index in [1.807, 2.05) is 25.9 Å². The lowest BCUT2D eigenvalue weighted by atomic mass is 9.96. The second-order valence-electron chi connectivity index (χ2n) is 7.41. The van der Waals surface area contributed by atoms with E-state index in [1.54, 1.807) is 21.6 Å². The van der Waals surface area contributed by atoms with Gasteiger partial charge in [0, 0.05) is 38.3 Å². The maximum absolute atomic E-state index is 12.8. The van der Waals surface area contributed by atoms with E-state index < -0.39 is 0 Å². The second kappa shape index (κ2) is 8.55. The number of carbonyl (C=O) groups excluding carboxylic acids is 1. The SMILES string of the molecule is CCn1c(C2CCCN(C(=O)c3ccc[nH]c3=O)C2)nn(CCN(C)C)c1=O. The summed E-state index contributed by atoms with van der Waals surface area (Å²) in [5, 5.41) is 4.59. The lowest BCUT2D eigenvalue weighted by Gasteiger charge is -2.32. The average molecular weight is 388 g/mol. The molecule has 0 aromatic carbocycles. The molecule has 0 bridgehead atoms. The number of aromatic amines is 1. The Kier molecular flexibility index (Phi) is 6.13. The number of nitrogens with one attached hydrogen (secondary N) is 1. The number of likely N-dealkylation sites (tertiary alicyclic amines) is 1. The van der Waals surface area contributed by atoms with E-state index in [-0.39, 0.29) is 28.6 Å². The molecule has 0 radical (unpaired) electrons. The third kappa shape index (κ3) is 4.09. The first kappa shape index (κ1) is 20.1. The van der Waals surface area contributed by atoms with Crippen LogP contribution in [0.25, 0.3) is 0 Å². The van der Waals surface area contributed by atoms with Crippen molar-refractivity contribution < 1.29 is 4.79 Å². The first-order valence-electron chi connectivity index (χ1n) is 9.71. The molecule has 3 rings (SSSR count). The van der Waals surface area contributed by atoms with Crippen molar-refractivity contribution in [1.29, 1.82) is 0 Å². The Morgan fingerprint density at radius 1 is 1.36 bits per heavy atom. The number of amides is 1. The zero-order valence-corrected chi connectivity index (χ0v) is 16.7. The van der Waals surface area contributed by atoms with Gasteiger partial charge in [0.15, 0.2) is 0 Å². The van der Waals surface area contributed by atoms with Gasteiger partial charge in [-0.25, -0.2) is 9.48 Å². The number of nitrogens with zero attached hydrogens (tertiary/aromatic N) is 5. The molecule has 152 valence electrons. The number of pyridine rings is 1. The summed E-state index contributed by atoms with van der Waals surface area (Å²) in [5.74, 6) is 0.434. The Hall–Kier alpha value is -2.68. The van der Waals surface area contributed by atoms with Crippen molar-refractivity contribution in [3.63, 3.8) is 0 Å². The molecule has 1 aliphatic heterocycles. The minimum atomic E-state index is -0.381. The Morgan fingerprint density at radius 2 is 2.14 bits per heavy atom. The quantitative estimate of drug-likeness (QED) is 0.770. The molecule has 1 fully saturated rings. The Bertz CT molecular complexity index is 942. The molecule has 1 unspecified atom stereocenters. The number of hydrogen-bond donors (Lipinski definition) is 1. The lowest BCUT2D eigenvalue weighted by Crippen LogP contribution is -2.41. The molecule has 1 atom stereocenters. The van der Waals surface area contributed by atoms with Crippen LogP contribution < -0.4 is 11.2 Å². The molecule has 1 N–H and O–H groups in total. The number of hydrogen-bond acceptors (Lipinski definition) is 5. The van der Waals surface area contributed by atoms with Crippen molar-refractivity contribution in [2.75, 3.05) is 33.7 Å². The van der Waals surface area contributed by atoms with Gasteiger partial charge in [-0.15, -0.1) is 0 Å². The normalized spacial score (nSPS) is 17.3. The Labute approximate surface area is 163 Å². The van der Waals surface area contributed by atoms with Crippen molar-refractivity contribution >= 4 is 5.91 Å². The lowest BCUT2D eigenvalue weighted by molar-refractivity contribution is 0.0701. The van der Waals surface area contributed by atoms with Gasteiger partial charge >= 0.3 is 5.69 Å². The summed E-state index contributed by atoms with van der Waals surface area (Å²) in [5.41, 5.74) is -0.345. The van der Waals surface area contributed by atoms with E-state index in [2.05, 4.69) is 10.1 Å². The van der Waals surface area contributed by atoms with Gasteiger partial charge in [-0.2, -0.15) is 5.10 Å². The zero-order chi connectivity index (χ0) is 20.3. The molecule has 9 nitrogen and oxygen atoms in total. The maximum Gasteiger partial charge on any atom is 0.345 e. The fourth-order valence-electron chi connectivity index (χ4n) is 3.63. The highest BCUT2D eigenvalue weighted by Gasteiger charge is 2.30. The van der Waals surface area contributed by atoms with Gasteiger partial charge in [-0.05, 0) is 46.0 Å². The highest BCUT2D eigenvalue weighted by molar-refractivity contribution is 5.93. The van der Waals surface area contributed by atoms with E-state index in [9.17, 15) is 14.4 Å². The third-order valence-corrected chi connectivity index (χ3v) is 5.15. The van der Waals surface area contributed by atoms with Crippen LogP contribution in [0.3, 0.4) is 0 Å². The molecule has 0 saturated carbocycles. The monoisotopic (exact) mass is 388 g/mol. The molecular formula is C19H28N6O3. The largest absolute Gasteiger partial charge is 0.345 e. The van der Waals surface area contributed by atoms with Gasteiger partial charge in [-0.1, -0.05) is 0 Å². The van der Waals surface area contributed by atoms with Gasteiger partial charge in [0.2, 0.25) is 0 Å². The molecule has 0 aliphatic carbocycles. The van der Waals surface area contributed by atoms with E-state index in [4.69, 9.17) is 0 Å². The van der Waals surface area contributed by atoms with Crippen molar-refractivity contribution in [3.8, 4) is 0 Å². The topological polar surface area (TPSA) is 96.2 Å². The molecule has 1 amide bonds. The second-order valence-corrected chi connectivity index (χ2v) is 7.41. The van der Waals surface area contributed by atoms with Crippen LogP contribution in [0.2, 0.25) is 0 Å². The molecule has 2 aromatic heterocycles. The molecule has 3 heterocycles. The highest BCUT2D eigenvalue weighted by atomic mass is 16.2. The predicted molar refractivity (Wildman–Crippen MR) is 106 cm³/mol. The Morgan fingerprint density at radius 3 is 2.82 bits per heavy atom. The summed E-state index contributed by atoms with van der Waals surface area (Å²) in [6.45, 7) is 4.78. The van der Waals surface area contributed by atoms with Crippen molar-refractivity contribution in [3.05, 3.63) is 50.6 Å². The van der Waals surface area contributed by atoms with E-state index >= 15 is 0 Å². The molecule has 1 saturated heterocycles. The smallest absolute Gasteiger partial charge is 0.338 e. The summed E-state index contributed by atoms with van der Waals surface area (Å²) >= 11 is 0. The maximum atomic E-state index is 12.8. The fourth-order valence-corrected chi connectivity index (χ4v) is 3.63. The molecule has 28 heavy (non-hydrogen) atoms. The van der Waals surface area contributed by atoms with E-state index in [0.717, 1.165) is 25.2 Å². The molecule has 1 aliphatic rings. The van der Waals surface area contributed by atoms with Crippen LogP contribution in [0.4, 0.5) is 0 Å². The van der Waals surface area contributed by atoms with Crippen LogP contribution in [0.1, 0.15) is 41.9 Å². The van der Waals surface area contributed by atoms with Gasteiger partial charge in [0.05, 0.1) is 6.54 Å². The van der Waals surface area contributed by atoms with Crippen LogP contribution in [0.15, 0.2) is 27.9 Å². The van der Waals surface area contributed by atoms with E-state index in [0.29, 0.717) is 26.2 Å². The first-order chi connectivity index (χ1) is 13.4. The minimum Gasteiger partial charge on any atom is -0.338 e. The number of piperidine rings is 1.